The zero-order chi connectivity index (χ0) is 44.4. The quantitative estimate of drug-likeness (QED) is 0.0263. The molecule has 1 atom stereocenters. The second-order valence-corrected chi connectivity index (χ2v) is 17.4. The van der Waals surface area contributed by atoms with E-state index in [9.17, 15) is 14.4 Å². The molecule has 0 aliphatic rings. The molecule has 0 bridgehead atoms. The highest BCUT2D eigenvalue weighted by atomic mass is 16.6. The number of hydrogen-bond acceptors (Lipinski definition) is 6. The third-order valence-corrected chi connectivity index (χ3v) is 11.3. The Balaban J connectivity index is 4.39. The van der Waals surface area contributed by atoms with E-state index in [1.807, 2.05) is 0 Å². The van der Waals surface area contributed by atoms with Gasteiger partial charge in [-0.1, -0.05) is 217 Å². The standard InChI is InChI=1S/C55H98O6/c1-4-7-10-13-16-19-22-25-27-29-30-33-36-39-42-45-48-54(57)60-51-52(50-59-53(56)47-44-41-38-35-32-24-21-18-15-12-9-6-3)61-55(58)49-46-43-40-37-34-31-28-26-23-20-17-14-11-8-5-2/h8,11,17,20,26-29,52H,4-7,9-10,12-16,18-19,21-25,30-51H2,1-3H3/b11-8-,20-17-,28-26-,29-27-. The summed E-state index contributed by atoms with van der Waals surface area (Å²) in [6, 6.07) is 0. The monoisotopic (exact) mass is 855 g/mol. The predicted molar refractivity (Wildman–Crippen MR) is 261 cm³/mol. The molecule has 0 heterocycles. The van der Waals surface area contributed by atoms with Gasteiger partial charge in [-0.25, -0.2) is 0 Å². The fourth-order valence-corrected chi connectivity index (χ4v) is 7.39. The molecule has 0 saturated heterocycles. The van der Waals surface area contributed by atoms with Crippen molar-refractivity contribution in [1.29, 1.82) is 0 Å². The van der Waals surface area contributed by atoms with Crippen LogP contribution in [0.5, 0.6) is 0 Å². The number of unbranched alkanes of at least 4 members (excludes halogenated alkanes) is 28. The molecule has 0 spiro atoms. The molecule has 6 heteroatoms. The summed E-state index contributed by atoms with van der Waals surface area (Å²) in [5.41, 5.74) is 0. The van der Waals surface area contributed by atoms with E-state index in [1.165, 1.54) is 122 Å². The summed E-state index contributed by atoms with van der Waals surface area (Å²) in [6.07, 6.45) is 59.5. The Morgan fingerprint density at radius 3 is 1.02 bits per heavy atom. The van der Waals surface area contributed by atoms with Gasteiger partial charge in [0, 0.05) is 19.3 Å². The number of esters is 3. The molecule has 0 aliphatic carbocycles. The molecule has 0 N–H and O–H groups in total. The fourth-order valence-electron chi connectivity index (χ4n) is 7.39. The first kappa shape index (κ1) is 58.4. The maximum Gasteiger partial charge on any atom is 0.306 e. The molecule has 0 amide bonds. The molecule has 0 radical (unpaired) electrons. The first-order valence-corrected chi connectivity index (χ1v) is 26.1. The van der Waals surface area contributed by atoms with Crippen LogP contribution < -0.4 is 0 Å². The van der Waals surface area contributed by atoms with Crippen LogP contribution in [0.15, 0.2) is 48.6 Å². The van der Waals surface area contributed by atoms with E-state index >= 15 is 0 Å². The van der Waals surface area contributed by atoms with Gasteiger partial charge in [0.15, 0.2) is 6.10 Å². The highest BCUT2D eigenvalue weighted by molar-refractivity contribution is 5.71. The van der Waals surface area contributed by atoms with E-state index in [-0.39, 0.29) is 31.1 Å². The number of carbonyl (C=O) groups is 3. The molecule has 0 aromatic carbocycles. The smallest absolute Gasteiger partial charge is 0.306 e. The summed E-state index contributed by atoms with van der Waals surface area (Å²) in [5.74, 6) is -0.899. The van der Waals surface area contributed by atoms with Crippen LogP contribution in [-0.2, 0) is 28.6 Å². The van der Waals surface area contributed by atoms with Crippen molar-refractivity contribution in [2.45, 2.75) is 271 Å². The van der Waals surface area contributed by atoms with Crippen LogP contribution in [-0.4, -0.2) is 37.2 Å². The number of carbonyl (C=O) groups excluding carboxylic acids is 3. The van der Waals surface area contributed by atoms with Crippen molar-refractivity contribution in [2.75, 3.05) is 13.2 Å². The van der Waals surface area contributed by atoms with Gasteiger partial charge < -0.3 is 14.2 Å². The van der Waals surface area contributed by atoms with Crippen molar-refractivity contribution in [2.24, 2.45) is 0 Å². The van der Waals surface area contributed by atoms with Crippen molar-refractivity contribution >= 4 is 17.9 Å². The minimum atomic E-state index is -0.782. The molecule has 0 aliphatic heterocycles. The molecule has 0 rings (SSSR count). The number of allylic oxidation sites excluding steroid dienone is 8. The second-order valence-electron chi connectivity index (χ2n) is 17.4. The lowest BCUT2D eigenvalue weighted by Crippen LogP contribution is -2.30. The summed E-state index contributed by atoms with van der Waals surface area (Å²) in [4.78, 5) is 38.0. The van der Waals surface area contributed by atoms with Gasteiger partial charge in [0.1, 0.15) is 13.2 Å². The van der Waals surface area contributed by atoms with E-state index in [0.717, 1.165) is 103 Å². The third kappa shape index (κ3) is 48.3. The van der Waals surface area contributed by atoms with E-state index in [4.69, 9.17) is 14.2 Å². The Labute approximate surface area is 378 Å². The van der Waals surface area contributed by atoms with Crippen LogP contribution in [0, 0.1) is 0 Å². The van der Waals surface area contributed by atoms with Crippen molar-refractivity contribution in [3.8, 4) is 0 Å². The summed E-state index contributed by atoms with van der Waals surface area (Å²) in [5, 5.41) is 0. The molecular formula is C55H98O6. The first-order chi connectivity index (χ1) is 30.0. The Kier molecular flexibility index (Phi) is 47.9. The third-order valence-electron chi connectivity index (χ3n) is 11.3. The topological polar surface area (TPSA) is 78.9 Å². The molecule has 61 heavy (non-hydrogen) atoms. The van der Waals surface area contributed by atoms with Gasteiger partial charge in [-0.3, -0.25) is 14.4 Å². The van der Waals surface area contributed by atoms with Gasteiger partial charge >= 0.3 is 17.9 Å². The van der Waals surface area contributed by atoms with Crippen LogP contribution in [0.3, 0.4) is 0 Å². The van der Waals surface area contributed by atoms with Crippen molar-refractivity contribution in [3.63, 3.8) is 0 Å². The maximum atomic E-state index is 12.8. The normalized spacial score (nSPS) is 12.4. The second kappa shape index (κ2) is 50.0. The highest BCUT2D eigenvalue weighted by Gasteiger charge is 2.19. The van der Waals surface area contributed by atoms with Crippen LogP contribution >= 0.6 is 0 Å². The van der Waals surface area contributed by atoms with Gasteiger partial charge in [0.05, 0.1) is 0 Å². The van der Waals surface area contributed by atoms with Crippen LogP contribution in [0.1, 0.15) is 265 Å². The van der Waals surface area contributed by atoms with E-state index in [0.29, 0.717) is 19.3 Å². The molecule has 354 valence electrons. The van der Waals surface area contributed by atoms with Gasteiger partial charge in [0.2, 0.25) is 0 Å². The van der Waals surface area contributed by atoms with Gasteiger partial charge in [-0.15, -0.1) is 0 Å². The van der Waals surface area contributed by atoms with Gasteiger partial charge in [-0.2, -0.15) is 0 Å². The largest absolute Gasteiger partial charge is 0.462 e. The Morgan fingerprint density at radius 1 is 0.344 bits per heavy atom. The van der Waals surface area contributed by atoms with Crippen LogP contribution in [0.2, 0.25) is 0 Å². The summed E-state index contributed by atoms with van der Waals surface area (Å²) < 4.78 is 16.8. The van der Waals surface area contributed by atoms with Crippen molar-refractivity contribution < 1.29 is 28.6 Å². The molecule has 0 fully saturated rings. The maximum absolute atomic E-state index is 12.8. The summed E-state index contributed by atoms with van der Waals surface area (Å²) >= 11 is 0. The van der Waals surface area contributed by atoms with Crippen LogP contribution in [0.4, 0.5) is 0 Å². The number of rotatable bonds is 47. The zero-order valence-corrected chi connectivity index (χ0v) is 40.4. The van der Waals surface area contributed by atoms with E-state index in [1.54, 1.807) is 0 Å². The minimum Gasteiger partial charge on any atom is -0.462 e. The van der Waals surface area contributed by atoms with E-state index < -0.39 is 6.10 Å². The van der Waals surface area contributed by atoms with Crippen molar-refractivity contribution in [3.05, 3.63) is 48.6 Å². The fraction of sp³-hybridized carbons (Fsp3) is 0.800. The van der Waals surface area contributed by atoms with Gasteiger partial charge in [0.25, 0.3) is 0 Å². The molecular weight excluding hydrogens is 757 g/mol. The molecule has 0 aromatic heterocycles. The molecule has 0 aromatic rings. The SMILES string of the molecule is CC/C=C\C/C=C\C/C=C\CCCCCCCC(=O)OC(COC(=O)CCCCCCC/C=C\CCCCCCCCC)COC(=O)CCCCCCCCCCCCCC. The van der Waals surface area contributed by atoms with Crippen molar-refractivity contribution in [1.82, 2.24) is 0 Å². The molecule has 6 nitrogen and oxygen atoms in total. The average molecular weight is 855 g/mol. The Bertz CT molecular complexity index is 1070. The lowest BCUT2D eigenvalue weighted by molar-refractivity contribution is -0.167. The van der Waals surface area contributed by atoms with E-state index in [2.05, 4.69) is 69.4 Å². The molecule has 0 saturated carbocycles. The zero-order valence-electron chi connectivity index (χ0n) is 40.4. The summed E-state index contributed by atoms with van der Waals surface area (Å²) in [6.45, 7) is 6.51. The van der Waals surface area contributed by atoms with Crippen LogP contribution in [0.25, 0.3) is 0 Å². The number of hydrogen-bond donors (Lipinski definition) is 0. The average Bonchev–Trinajstić information content (AvgIpc) is 3.26. The minimum absolute atomic E-state index is 0.0805. The Hall–Kier alpha value is -2.63. The number of ether oxygens (including phenoxy) is 3. The molecule has 1 unspecified atom stereocenters. The highest BCUT2D eigenvalue weighted by Crippen LogP contribution is 2.15. The predicted octanol–water partition coefficient (Wildman–Crippen LogP) is 17.1. The lowest BCUT2D eigenvalue weighted by Gasteiger charge is -2.18. The first-order valence-electron chi connectivity index (χ1n) is 26.1. The summed E-state index contributed by atoms with van der Waals surface area (Å²) in [7, 11) is 0. The Morgan fingerprint density at radius 2 is 0.639 bits per heavy atom. The van der Waals surface area contributed by atoms with Gasteiger partial charge in [-0.05, 0) is 77.0 Å². The lowest BCUT2D eigenvalue weighted by atomic mass is 10.0.